The highest BCUT2D eigenvalue weighted by Crippen LogP contribution is 2.19. The highest BCUT2D eigenvalue weighted by molar-refractivity contribution is 5.98. The zero-order valence-electron chi connectivity index (χ0n) is 13.2. The van der Waals surface area contributed by atoms with E-state index < -0.39 is 24.0 Å². The number of para-hydroxylation sites is 1. The lowest BCUT2D eigenvalue weighted by molar-refractivity contribution is -0.157. The molecule has 1 heterocycles. The molecule has 1 aromatic rings. The van der Waals surface area contributed by atoms with Crippen LogP contribution in [0.25, 0.3) is 0 Å². The van der Waals surface area contributed by atoms with Gasteiger partial charge < -0.3 is 14.8 Å². The molecular formula is C16H20N2O5. The lowest BCUT2D eigenvalue weighted by atomic mass is 10.1. The van der Waals surface area contributed by atoms with Gasteiger partial charge in [-0.15, -0.1) is 0 Å². The molecule has 7 heteroatoms. The van der Waals surface area contributed by atoms with Crippen molar-refractivity contribution in [1.82, 2.24) is 10.2 Å². The van der Waals surface area contributed by atoms with Gasteiger partial charge in [0, 0.05) is 19.5 Å². The van der Waals surface area contributed by atoms with Gasteiger partial charge in [-0.2, -0.15) is 0 Å². The summed E-state index contributed by atoms with van der Waals surface area (Å²) in [5.74, 6) is -0.292. The molecule has 0 aliphatic carbocycles. The van der Waals surface area contributed by atoms with Gasteiger partial charge in [0.15, 0.2) is 6.10 Å². The summed E-state index contributed by atoms with van der Waals surface area (Å²) in [5.41, 5.74) is 0.893. The molecule has 7 nitrogen and oxygen atoms in total. The van der Waals surface area contributed by atoms with Crippen LogP contribution < -0.4 is 10.1 Å². The Morgan fingerprint density at radius 2 is 2.09 bits per heavy atom. The maximum atomic E-state index is 12.0. The molecule has 0 saturated carbocycles. The van der Waals surface area contributed by atoms with Crippen molar-refractivity contribution < 1.29 is 23.9 Å². The van der Waals surface area contributed by atoms with Crippen molar-refractivity contribution in [3.63, 3.8) is 0 Å². The van der Waals surface area contributed by atoms with E-state index in [1.54, 1.807) is 7.11 Å². The predicted octanol–water partition coefficient (Wildman–Crippen LogP) is 1.11. The molecule has 3 amide bonds. The van der Waals surface area contributed by atoms with Gasteiger partial charge >= 0.3 is 12.0 Å². The van der Waals surface area contributed by atoms with Crippen LogP contribution in [0.3, 0.4) is 0 Å². The minimum atomic E-state index is -0.982. The van der Waals surface area contributed by atoms with E-state index in [1.807, 2.05) is 24.3 Å². The number of aryl methyl sites for hydroxylation is 1. The molecule has 0 aromatic heterocycles. The number of nitrogens with zero attached hydrogens (tertiary/aromatic N) is 1. The van der Waals surface area contributed by atoms with Gasteiger partial charge in [-0.3, -0.25) is 14.5 Å². The molecule has 1 aromatic carbocycles. The number of urea groups is 1. The van der Waals surface area contributed by atoms with Crippen LogP contribution in [0.15, 0.2) is 24.3 Å². The van der Waals surface area contributed by atoms with Gasteiger partial charge in [-0.1, -0.05) is 18.2 Å². The third-order valence-electron chi connectivity index (χ3n) is 3.57. The fourth-order valence-electron chi connectivity index (χ4n) is 2.35. The summed E-state index contributed by atoms with van der Waals surface area (Å²) >= 11 is 0. The van der Waals surface area contributed by atoms with E-state index in [0.717, 1.165) is 10.5 Å². The van der Waals surface area contributed by atoms with Crippen molar-refractivity contribution in [2.75, 3.05) is 20.2 Å². The average Bonchev–Trinajstić information content (AvgIpc) is 2.98. The lowest BCUT2D eigenvalue weighted by Gasteiger charge is -2.18. The molecule has 23 heavy (non-hydrogen) atoms. The Kier molecular flexibility index (Phi) is 5.56. The van der Waals surface area contributed by atoms with Gasteiger partial charge in [-0.05, 0) is 25.0 Å². The van der Waals surface area contributed by atoms with Gasteiger partial charge in [0.05, 0.1) is 7.11 Å². The zero-order valence-corrected chi connectivity index (χ0v) is 13.2. The highest BCUT2D eigenvalue weighted by Gasteiger charge is 2.31. The minimum absolute atomic E-state index is 0.129. The Morgan fingerprint density at radius 3 is 2.74 bits per heavy atom. The number of hydrogen-bond acceptors (Lipinski definition) is 5. The summed E-state index contributed by atoms with van der Waals surface area (Å²) in [5, 5.41) is 2.53. The van der Waals surface area contributed by atoms with Crippen LogP contribution in [0, 0.1) is 0 Å². The summed E-state index contributed by atoms with van der Waals surface area (Å²) in [6.45, 7) is 2.18. The Labute approximate surface area is 134 Å². The third-order valence-corrected chi connectivity index (χ3v) is 3.57. The number of imide groups is 1. The fourth-order valence-corrected chi connectivity index (χ4v) is 2.35. The molecule has 2 rings (SSSR count). The molecule has 124 valence electrons. The molecule has 0 radical (unpaired) electrons. The molecule has 1 aliphatic heterocycles. The van der Waals surface area contributed by atoms with Crippen molar-refractivity contribution in [3.05, 3.63) is 29.8 Å². The molecule has 1 aliphatic rings. The van der Waals surface area contributed by atoms with Crippen LogP contribution in [-0.4, -0.2) is 49.1 Å². The number of rotatable bonds is 6. The van der Waals surface area contributed by atoms with E-state index in [1.165, 1.54) is 6.92 Å². The number of amides is 3. The van der Waals surface area contributed by atoms with Crippen molar-refractivity contribution in [2.45, 2.75) is 25.9 Å². The maximum Gasteiger partial charge on any atom is 0.324 e. The molecule has 1 saturated heterocycles. The van der Waals surface area contributed by atoms with Crippen LogP contribution in [0.5, 0.6) is 5.75 Å². The number of carbonyl (C=O) groups is 3. The first-order chi connectivity index (χ1) is 11.0. The van der Waals surface area contributed by atoms with Crippen LogP contribution in [0.4, 0.5) is 4.79 Å². The number of carbonyl (C=O) groups excluding carboxylic acids is 3. The summed E-state index contributed by atoms with van der Waals surface area (Å²) in [7, 11) is 1.57. The second-order valence-electron chi connectivity index (χ2n) is 5.17. The van der Waals surface area contributed by atoms with Gasteiger partial charge in [-0.25, -0.2) is 4.79 Å². The second-order valence-corrected chi connectivity index (χ2v) is 5.17. The number of esters is 1. The molecule has 1 atom stereocenters. The van der Waals surface area contributed by atoms with E-state index in [0.29, 0.717) is 25.3 Å². The van der Waals surface area contributed by atoms with E-state index in [9.17, 15) is 14.4 Å². The van der Waals surface area contributed by atoms with Crippen molar-refractivity contribution in [2.24, 2.45) is 0 Å². The summed E-state index contributed by atoms with van der Waals surface area (Å²) in [6, 6.07) is 6.95. The highest BCUT2D eigenvalue weighted by atomic mass is 16.5. The van der Waals surface area contributed by atoms with E-state index >= 15 is 0 Å². The van der Waals surface area contributed by atoms with E-state index in [4.69, 9.17) is 9.47 Å². The second kappa shape index (κ2) is 7.62. The quantitative estimate of drug-likeness (QED) is 0.794. The number of ether oxygens (including phenoxy) is 2. The molecular weight excluding hydrogens is 300 g/mol. The normalized spacial score (nSPS) is 15.0. The van der Waals surface area contributed by atoms with Crippen LogP contribution >= 0.6 is 0 Å². The van der Waals surface area contributed by atoms with E-state index in [-0.39, 0.29) is 6.42 Å². The third kappa shape index (κ3) is 4.21. The summed E-state index contributed by atoms with van der Waals surface area (Å²) < 4.78 is 10.3. The monoisotopic (exact) mass is 320 g/mol. The standard InChI is InChI=1S/C16H20N2O5/c1-11(15(20)18-10-9-17-16(18)21)23-14(19)8-7-12-5-3-4-6-13(12)22-2/h3-6,11H,7-10H2,1-2H3,(H,17,21)/t11-/m1/s1. The Hall–Kier alpha value is -2.57. The first-order valence-electron chi connectivity index (χ1n) is 7.43. The summed E-state index contributed by atoms with van der Waals surface area (Å²) in [4.78, 5) is 36.4. The minimum Gasteiger partial charge on any atom is -0.496 e. The topological polar surface area (TPSA) is 84.9 Å². The SMILES string of the molecule is COc1ccccc1CCC(=O)O[C@H](C)C(=O)N1CCNC1=O. The number of methoxy groups -OCH3 is 1. The Balaban J connectivity index is 1.84. The molecule has 0 unspecified atom stereocenters. The van der Waals surface area contributed by atoms with Crippen molar-refractivity contribution >= 4 is 17.9 Å². The number of hydrogen-bond donors (Lipinski definition) is 1. The molecule has 1 N–H and O–H groups in total. The van der Waals surface area contributed by atoms with Crippen molar-refractivity contribution in [3.8, 4) is 5.75 Å². The van der Waals surface area contributed by atoms with Crippen LogP contribution in [0.1, 0.15) is 18.9 Å². The first kappa shape index (κ1) is 16.8. The van der Waals surface area contributed by atoms with Crippen LogP contribution in [0.2, 0.25) is 0 Å². The van der Waals surface area contributed by atoms with E-state index in [2.05, 4.69) is 5.32 Å². The summed E-state index contributed by atoms with van der Waals surface area (Å²) in [6.07, 6.45) is -0.401. The molecule has 0 spiro atoms. The first-order valence-corrected chi connectivity index (χ1v) is 7.43. The predicted molar refractivity (Wildman–Crippen MR) is 82.0 cm³/mol. The number of nitrogens with one attached hydrogen (secondary N) is 1. The average molecular weight is 320 g/mol. The van der Waals surface area contributed by atoms with Crippen molar-refractivity contribution in [1.29, 1.82) is 0 Å². The zero-order chi connectivity index (χ0) is 16.8. The Morgan fingerprint density at radius 1 is 1.35 bits per heavy atom. The molecule has 1 fully saturated rings. The largest absolute Gasteiger partial charge is 0.496 e. The number of benzene rings is 1. The maximum absolute atomic E-state index is 12.0. The van der Waals surface area contributed by atoms with Crippen LogP contribution in [-0.2, 0) is 20.7 Å². The van der Waals surface area contributed by atoms with Gasteiger partial charge in [0.25, 0.3) is 5.91 Å². The van der Waals surface area contributed by atoms with Gasteiger partial charge in [0.2, 0.25) is 0 Å². The smallest absolute Gasteiger partial charge is 0.324 e. The Bertz CT molecular complexity index is 602. The lowest BCUT2D eigenvalue weighted by Crippen LogP contribution is -2.41. The fraction of sp³-hybridized carbons (Fsp3) is 0.438. The van der Waals surface area contributed by atoms with Gasteiger partial charge in [0.1, 0.15) is 5.75 Å². The molecule has 0 bridgehead atoms.